The molecule has 5 nitrogen and oxygen atoms in total. The summed E-state index contributed by atoms with van der Waals surface area (Å²) in [6.45, 7) is -1.24. The molecule has 24 heavy (non-hydrogen) atoms. The van der Waals surface area contributed by atoms with E-state index in [1.54, 1.807) is 13.0 Å². The molecule has 0 aliphatic heterocycles. The summed E-state index contributed by atoms with van der Waals surface area (Å²) in [5.74, 6) is -0.0992. The Balaban J connectivity index is 1.79. The van der Waals surface area contributed by atoms with Crippen molar-refractivity contribution in [1.82, 2.24) is 15.3 Å². The molecular weight excluding hydrogens is 316 g/mol. The van der Waals surface area contributed by atoms with Gasteiger partial charge in [0, 0.05) is 0 Å². The van der Waals surface area contributed by atoms with E-state index in [1.165, 1.54) is 18.2 Å². The van der Waals surface area contributed by atoms with Gasteiger partial charge in [-0.1, -0.05) is 24.3 Å². The standard InChI is InChI=1S/C17H15F2N3O2/c1-10(15-21-12-7-3-4-8-13(12)22-15)20-16(23)11-6-2-5-9-14(11)24-17(18)19/h2-10,17H,1H3,(H,20,23)(H,21,22). The van der Waals surface area contributed by atoms with Gasteiger partial charge in [-0.25, -0.2) is 4.98 Å². The number of fused-ring (bicyclic) bond motifs is 1. The second-order valence-electron chi connectivity index (χ2n) is 5.21. The number of halogens is 2. The Kier molecular flexibility index (Phi) is 4.41. The molecule has 1 unspecified atom stereocenters. The molecule has 0 saturated heterocycles. The first-order valence-corrected chi connectivity index (χ1v) is 7.34. The van der Waals surface area contributed by atoms with Crippen molar-refractivity contribution in [3.05, 3.63) is 59.9 Å². The molecular formula is C17H15F2N3O2. The highest BCUT2D eigenvalue weighted by Gasteiger charge is 2.19. The fourth-order valence-electron chi connectivity index (χ4n) is 2.37. The summed E-state index contributed by atoms with van der Waals surface area (Å²) in [4.78, 5) is 19.9. The molecule has 7 heteroatoms. The Labute approximate surface area is 136 Å². The minimum absolute atomic E-state index is 0.0424. The summed E-state index contributed by atoms with van der Waals surface area (Å²) in [5.41, 5.74) is 1.69. The van der Waals surface area contributed by atoms with Crippen molar-refractivity contribution >= 4 is 16.9 Å². The molecule has 124 valence electrons. The van der Waals surface area contributed by atoms with Crippen LogP contribution in [0.5, 0.6) is 5.75 Å². The van der Waals surface area contributed by atoms with E-state index in [0.717, 1.165) is 11.0 Å². The first kappa shape index (κ1) is 15.9. The lowest BCUT2D eigenvalue weighted by Crippen LogP contribution is -2.28. The van der Waals surface area contributed by atoms with E-state index in [2.05, 4.69) is 20.0 Å². The molecule has 0 aliphatic rings. The van der Waals surface area contributed by atoms with Crippen LogP contribution in [-0.4, -0.2) is 22.5 Å². The lowest BCUT2D eigenvalue weighted by molar-refractivity contribution is -0.0501. The highest BCUT2D eigenvalue weighted by molar-refractivity contribution is 5.97. The molecule has 0 aliphatic carbocycles. The van der Waals surface area contributed by atoms with E-state index in [0.29, 0.717) is 5.82 Å². The first-order chi connectivity index (χ1) is 11.5. The molecule has 3 rings (SSSR count). The Morgan fingerprint density at radius 2 is 1.88 bits per heavy atom. The Morgan fingerprint density at radius 1 is 1.17 bits per heavy atom. The molecule has 2 N–H and O–H groups in total. The highest BCUT2D eigenvalue weighted by atomic mass is 19.3. The van der Waals surface area contributed by atoms with Crippen LogP contribution in [0.2, 0.25) is 0 Å². The maximum absolute atomic E-state index is 12.4. The van der Waals surface area contributed by atoms with Gasteiger partial charge in [-0.3, -0.25) is 4.79 Å². The fraction of sp³-hybridized carbons (Fsp3) is 0.176. The summed E-state index contributed by atoms with van der Waals surface area (Å²) in [7, 11) is 0. The van der Waals surface area contributed by atoms with Crippen molar-refractivity contribution in [2.45, 2.75) is 19.6 Å². The van der Waals surface area contributed by atoms with Crippen LogP contribution in [0.25, 0.3) is 11.0 Å². The third-order valence-corrected chi connectivity index (χ3v) is 3.51. The van der Waals surface area contributed by atoms with Crippen molar-refractivity contribution in [2.75, 3.05) is 0 Å². The normalized spacial score (nSPS) is 12.3. The van der Waals surface area contributed by atoms with E-state index in [9.17, 15) is 13.6 Å². The second-order valence-corrected chi connectivity index (χ2v) is 5.21. The number of H-pyrrole nitrogens is 1. The number of hydrogen-bond acceptors (Lipinski definition) is 3. The minimum Gasteiger partial charge on any atom is -0.434 e. The predicted molar refractivity (Wildman–Crippen MR) is 85.0 cm³/mol. The smallest absolute Gasteiger partial charge is 0.387 e. The van der Waals surface area contributed by atoms with E-state index in [1.807, 2.05) is 24.3 Å². The van der Waals surface area contributed by atoms with Crippen molar-refractivity contribution in [3.8, 4) is 5.75 Å². The number of carbonyl (C=O) groups is 1. The molecule has 1 aromatic heterocycles. The minimum atomic E-state index is -2.99. The molecule has 1 atom stereocenters. The van der Waals surface area contributed by atoms with E-state index in [-0.39, 0.29) is 11.3 Å². The molecule has 0 saturated carbocycles. The third kappa shape index (κ3) is 3.34. The summed E-state index contributed by atoms with van der Waals surface area (Å²) in [5, 5.41) is 2.73. The Morgan fingerprint density at radius 3 is 2.62 bits per heavy atom. The number of nitrogens with zero attached hydrogens (tertiary/aromatic N) is 1. The SMILES string of the molecule is CC(NC(=O)c1ccccc1OC(F)F)c1nc2ccccc2[nH]1. The van der Waals surface area contributed by atoms with Gasteiger partial charge in [0.2, 0.25) is 0 Å². The van der Waals surface area contributed by atoms with E-state index >= 15 is 0 Å². The maximum Gasteiger partial charge on any atom is 0.387 e. The van der Waals surface area contributed by atoms with Crippen LogP contribution in [0, 0.1) is 0 Å². The van der Waals surface area contributed by atoms with E-state index < -0.39 is 18.6 Å². The second kappa shape index (κ2) is 6.66. The fourth-order valence-corrected chi connectivity index (χ4v) is 2.37. The molecule has 0 radical (unpaired) electrons. The van der Waals surface area contributed by atoms with Gasteiger partial charge >= 0.3 is 6.61 Å². The number of hydrogen-bond donors (Lipinski definition) is 2. The van der Waals surface area contributed by atoms with Crippen LogP contribution >= 0.6 is 0 Å². The number of alkyl halides is 2. The molecule has 2 aromatic carbocycles. The van der Waals surface area contributed by atoms with Gasteiger partial charge in [-0.2, -0.15) is 8.78 Å². The van der Waals surface area contributed by atoms with Crippen molar-refractivity contribution in [3.63, 3.8) is 0 Å². The summed E-state index contributed by atoms with van der Waals surface area (Å²) in [6.07, 6.45) is 0. The number of amides is 1. The molecule has 1 heterocycles. The first-order valence-electron chi connectivity index (χ1n) is 7.34. The van der Waals surface area contributed by atoms with Gasteiger partial charge < -0.3 is 15.0 Å². The topological polar surface area (TPSA) is 67.0 Å². The summed E-state index contributed by atoms with van der Waals surface area (Å²) in [6, 6.07) is 12.9. The number of carbonyl (C=O) groups excluding carboxylic acids is 1. The number of aromatic nitrogens is 2. The van der Waals surface area contributed by atoms with Crippen LogP contribution < -0.4 is 10.1 Å². The number of nitrogens with one attached hydrogen (secondary N) is 2. The Bertz CT molecular complexity index is 831. The number of para-hydroxylation sites is 3. The predicted octanol–water partition coefficient (Wildman–Crippen LogP) is 3.66. The lowest BCUT2D eigenvalue weighted by atomic mass is 10.1. The zero-order valence-electron chi connectivity index (χ0n) is 12.8. The average molecular weight is 331 g/mol. The van der Waals surface area contributed by atoms with Gasteiger partial charge in [0.15, 0.2) is 0 Å². The largest absolute Gasteiger partial charge is 0.434 e. The van der Waals surface area contributed by atoms with Gasteiger partial charge in [0.1, 0.15) is 11.6 Å². The Hall–Kier alpha value is -2.96. The average Bonchev–Trinajstić information content (AvgIpc) is 2.99. The maximum atomic E-state index is 12.4. The van der Waals surface area contributed by atoms with Crippen LogP contribution in [0.15, 0.2) is 48.5 Å². The van der Waals surface area contributed by atoms with Crippen LogP contribution in [0.3, 0.4) is 0 Å². The number of rotatable bonds is 5. The van der Waals surface area contributed by atoms with Crippen molar-refractivity contribution < 1.29 is 18.3 Å². The number of aromatic amines is 1. The zero-order chi connectivity index (χ0) is 17.1. The van der Waals surface area contributed by atoms with Gasteiger partial charge in [0.05, 0.1) is 22.6 Å². The monoisotopic (exact) mass is 331 g/mol. The number of benzene rings is 2. The summed E-state index contributed by atoms with van der Waals surface area (Å²) < 4.78 is 29.3. The van der Waals surface area contributed by atoms with Crippen molar-refractivity contribution in [1.29, 1.82) is 0 Å². The summed E-state index contributed by atoms with van der Waals surface area (Å²) >= 11 is 0. The quantitative estimate of drug-likeness (QED) is 0.750. The van der Waals surface area contributed by atoms with Gasteiger partial charge in [0.25, 0.3) is 5.91 Å². The van der Waals surface area contributed by atoms with Crippen LogP contribution in [-0.2, 0) is 0 Å². The number of imidazole rings is 1. The molecule has 0 fully saturated rings. The molecule has 3 aromatic rings. The van der Waals surface area contributed by atoms with Gasteiger partial charge in [-0.05, 0) is 31.2 Å². The van der Waals surface area contributed by atoms with Crippen LogP contribution in [0.1, 0.15) is 29.1 Å². The number of ether oxygens (including phenoxy) is 1. The van der Waals surface area contributed by atoms with E-state index in [4.69, 9.17) is 0 Å². The molecule has 0 spiro atoms. The van der Waals surface area contributed by atoms with Crippen molar-refractivity contribution in [2.24, 2.45) is 0 Å². The van der Waals surface area contributed by atoms with Crippen LogP contribution in [0.4, 0.5) is 8.78 Å². The third-order valence-electron chi connectivity index (χ3n) is 3.51. The highest BCUT2D eigenvalue weighted by Crippen LogP contribution is 2.22. The molecule has 0 bridgehead atoms. The lowest BCUT2D eigenvalue weighted by Gasteiger charge is -2.14. The van der Waals surface area contributed by atoms with Gasteiger partial charge in [-0.15, -0.1) is 0 Å². The molecule has 1 amide bonds. The zero-order valence-corrected chi connectivity index (χ0v) is 12.8.